The molecule has 178 valence electrons. The summed E-state index contributed by atoms with van der Waals surface area (Å²) < 4.78 is 39.5. The fourth-order valence-corrected chi connectivity index (χ4v) is 3.87. The number of nitro benzene ring substituents is 1. The van der Waals surface area contributed by atoms with Crippen molar-refractivity contribution in [1.82, 2.24) is 9.88 Å². The molecule has 1 aliphatic heterocycles. The van der Waals surface area contributed by atoms with Crippen LogP contribution in [-0.4, -0.2) is 31.6 Å². The third-order valence-electron chi connectivity index (χ3n) is 5.52. The highest BCUT2D eigenvalue weighted by atomic mass is 19.4. The molecule has 2 heterocycles. The lowest BCUT2D eigenvalue weighted by molar-refractivity contribution is -0.384. The molecule has 1 aromatic heterocycles. The Labute approximate surface area is 196 Å². The number of nitrogens with zero attached hydrogens (tertiary/aromatic N) is 3. The van der Waals surface area contributed by atoms with Crippen LogP contribution in [0.5, 0.6) is 0 Å². The number of rotatable bonds is 5. The Morgan fingerprint density at radius 2 is 1.71 bits per heavy atom. The molecule has 0 spiro atoms. The summed E-state index contributed by atoms with van der Waals surface area (Å²) in [5.74, 6) is -2.60. The summed E-state index contributed by atoms with van der Waals surface area (Å²) in [5.41, 5.74) is -0.838. The van der Waals surface area contributed by atoms with E-state index >= 15 is 0 Å². The predicted octanol–water partition coefficient (Wildman–Crippen LogP) is 4.63. The van der Waals surface area contributed by atoms with Gasteiger partial charge in [0.15, 0.2) is 0 Å². The van der Waals surface area contributed by atoms with E-state index in [1.54, 1.807) is 0 Å². The third-order valence-corrected chi connectivity index (χ3v) is 5.52. The van der Waals surface area contributed by atoms with Crippen molar-refractivity contribution in [2.75, 3.05) is 0 Å². The minimum Gasteiger partial charge on any atom is -0.507 e. The van der Waals surface area contributed by atoms with Gasteiger partial charge in [0.1, 0.15) is 5.76 Å². The Hall–Kier alpha value is -4.54. The van der Waals surface area contributed by atoms with Crippen molar-refractivity contribution >= 4 is 23.1 Å². The summed E-state index contributed by atoms with van der Waals surface area (Å²) in [6.45, 7) is -0.335. The summed E-state index contributed by atoms with van der Waals surface area (Å²) in [6.07, 6.45) is -1.78. The minimum atomic E-state index is -4.59. The molecule has 8 nitrogen and oxygen atoms in total. The Kier molecular flexibility index (Phi) is 6.08. The number of non-ortho nitro benzene ring substituents is 1. The topological polar surface area (TPSA) is 114 Å². The number of amides is 1. The van der Waals surface area contributed by atoms with Crippen molar-refractivity contribution in [1.29, 1.82) is 0 Å². The Morgan fingerprint density at radius 1 is 1.06 bits per heavy atom. The monoisotopic (exact) mass is 483 g/mol. The second-order valence-electron chi connectivity index (χ2n) is 7.71. The number of aromatic nitrogens is 1. The first-order valence-corrected chi connectivity index (χ1v) is 10.2. The molecule has 1 aliphatic rings. The molecule has 4 rings (SSSR count). The molecule has 0 bridgehead atoms. The van der Waals surface area contributed by atoms with Crippen molar-refractivity contribution in [3.05, 3.63) is 111 Å². The maximum Gasteiger partial charge on any atom is 0.416 e. The van der Waals surface area contributed by atoms with Gasteiger partial charge >= 0.3 is 6.18 Å². The van der Waals surface area contributed by atoms with E-state index in [0.29, 0.717) is 5.56 Å². The number of alkyl halides is 3. The molecule has 3 aromatic rings. The number of aliphatic hydroxyl groups excluding tert-OH is 1. The lowest BCUT2D eigenvalue weighted by atomic mass is 9.95. The van der Waals surface area contributed by atoms with Gasteiger partial charge in [-0.15, -0.1) is 0 Å². The third kappa shape index (κ3) is 4.60. The molecule has 0 aliphatic carbocycles. The first-order chi connectivity index (χ1) is 16.6. The fraction of sp³-hybridized carbons (Fsp3) is 0.125. The van der Waals surface area contributed by atoms with Gasteiger partial charge in [-0.2, -0.15) is 13.2 Å². The summed E-state index contributed by atoms with van der Waals surface area (Å²) in [5, 5.41) is 21.9. The van der Waals surface area contributed by atoms with Crippen LogP contribution >= 0.6 is 0 Å². The zero-order valence-electron chi connectivity index (χ0n) is 17.8. The first-order valence-electron chi connectivity index (χ1n) is 10.2. The largest absolute Gasteiger partial charge is 0.507 e. The number of hydrogen-bond donors (Lipinski definition) is 1. The Bertz CT molecular complexity index is 1340. The zero-order valence-corrected chi connectivity index (χ0v) is 17.8. The maximum atomic E-state index is 13.2. The lowest BCUT2D eigenvalue weighted by Gasteiger charge is -2.25. The SMILES string of the molecule is O=C1C(=O)N(Cc2cccc(C(F)(F)F)c2)C(c2ccncc2)/C1=C(\O)c1ccc([N+](=O)[O-])cc1. The van der Waals surface area contributed by atoms with Crippen LogP contribution < -0.4 is 0 Å². The van der Waals surface area contributed by atoms with E-state index in [1.165, 1.54) is 48.8 Å². The van der Waals surface area contributed by atoms with E-state index in [4.69, 9.17) is 0 Å². The number of ketones is 1. The second-order valence-corrected chi connectivity index (χ2v) is 7.71. The minimum absolute atomic E-state index is 0.0618. The van der Waals surface area contributed by atoms with Gasteiger partial charge in [0.2, 0.25) is 0 Å². The molecule has 1 unspecified atom stereocenters. The normalized spacial score (nSPS) is 17.6. The number of halogens is 3. The van der Waals surface area contributed by atoms with E-state index in [-0.39, 0.29) is 28.9 Å². The van der Waals surface area contributed by atoms with Gasteiger partial charge in [0.05, 0.1) is 22.1 Å². The standard InChI is InChI=1S/C24H16F3N3O5/c25-24(26,27)17-3-1-2-14(12-17)13-29-20(15-8-10-28-11-9-15)19(22(32)23(29)33)21(31)16-4-6-18(7-5-16)30(34)35/h1-12,20,31H,13H2/b21-19+. The molecular formula is C24H16F3N3O5. The van der Waals surface area contributed by atoms with Crippen molar-refractivity contribution < 1.29 is 32.8 Å². The molecule has 1 N–H and O–H groups in total. The van der Waals surface area contributed by atoms with Crippen LogP contribution in [0.4, 0.5) is 18.9 Å². The number of Topliss-reactive ketones (excluding diaryl/α,β-unsaturated/α-hetero) is 1. The van der Waals surface area contributed by atoms with Crippen LogP contribution in [-0.2, 0) is 22.3 Å². The van der Waals surface area contributed by atoms with Crippen LogP contribution in [0.2, 0.25) is 0 Å². The van der Waals surface area contributed by atoms with Gasteiger partial charge < -0.3 is 10.0 Å². The smallest absolute Gasteiger partial charge is 0.416 e. The van der Waals surface area contributed by atoms with Gasteiger partial charge in [-0.25, -0.2) is 0 Å². The molecular weight excluding hydrogens is 467 g/mol. The van der Waals surface area contributed by atoms with Gasteiger partial charge in [0, 0.05) is 36.6 Å². The average Bonchev–Trinajstić information content (AvgIpc) is 3.09. The highest BCUT2D eigenvalue weighted by molar-refractivity contribution is 6.46. The highest BCUT2D eigenvalue weighted by Gasteiger charge is 2.46. The number of likely N-dealkylation sites (tertiary alicyclic amines) is 1. The first kappa shape index (κ1) is 23.6. The van der Waals surface area contributed by atoms with Crippen molar-refractivity contribution in [3.63, 3.8) is 0 Å². The highest BCUT2D eigenvalue weighted by Crippen LogP contribution is 2.40. The van der Waals surface area contributed by atoms with E-state index < -0.39 is 40.2 Å². The number of carbonyl (C=O) groups is 2. The quantitative estimate of drug-likeness (QED) is 0.186. The number of aliphatic hydroxyl groups is 1. The molecule has 11 heteroatoms. The average molecular weight is 483 g/mol. The van der Waals surface area contributed by atoms with E-state index in [9.17, 15) is 38.0 Å². The maximum absolute atomic E-state index is 13.2. The lowest BCUT2D eigenvalue weighted by Crippen LogP contribution is -2.29. The molecule has 0 saturated carbocycles. The fourth-order valence-electron chi connectivity index (χ4n) is 3.87. The van der Waals surface area contributed by atoms with Crippen LogP contribution in [0, 0.1) is 10.1 Å². The van der Waals surface area contributed by atoms with Crippen molar-refractivity contribution in [2.24, 2.45) is 0 Å². The summed E-state index contributed by atoms with van der Waals surface area (Å²) in [4.78, 5) is 41.2. The Morgan fingerprint density at radius 3 is 2.31 bits per heavy atom. The van der Waals surface area contributed by atoms with Gasteiger partial charge in [-0.3, -0.25) is 24.7 Å². The van der Waals surface area contributed by atoms with Crippen LogP contribution in [0.3, 0.4) is 0 Å². The van der Waals surface area contributed by atoms with Crippen LogP contribution in [0.1, 0.15) is 28.3 Å². The second kappa shape index (κ2) is 9.01. The van der Waals surface area contributed by atoms with Gasteiger partial charge in [-0.1, -0.05) is 12.1 Å². The zero-order chi connectivity index (χ0) is 25.3. The van der Waals surface area contributed by atoms with Crippen LogP contribution in [0.25, 0.3) is 5.76 Å². The molecule has 35 heavy (non-hydrogen) atoms. The summed E-state index contributed by atoms with van der Waals surface area (Å²) in [6, 6.07) is 11.0. The molecule has 1 amide bonds. The van der Waals surface area contributed by atoms with E-state index in [1.807, 2.05) is 0 Å². The number of carbonyl (C=O) groups excluding carboxylic acids is 2. The van der Waals surface area contributed by atoms with E-state index in [2.05, 4.69) is 4.98 Å². The van der Waals surface area contributed by atoms with Gasteiger partial charge in [-0.05, 0) is 47.5 Å². The number of hydrogen-bond acceptors (Lipinski definition) is 6. The van der Waals surface area contributed by atoms with Crippen molar-refractivity contribution in [3.8, 4) is 0 Å². The van der Waals surface area contributed by atoms with Crippen molar-refractivity contribution in [2.45, 2.75) is 18.8 Å². The molecule has 0 radical (unpaired) electrons. The number of nitro groups is 1. The molecule has 2 aromatic carbocycles. The van der Waals surface area contributed by atoms with Gasteiger partial charge in [0.25, 0.3) is 17.4 Å². The van der Waals surface area contributed by atoms with E-state index in [0.717, 1.165) is 29.2 Å². The predicted molar refractivity (Wildman–Crippen MR) is 117 cm³/mol. The molecule has 1 saturated heterocycles. The molecule has 1 atom stereocenters. The summed E-state index contributed by atoms with van der Waals surface area (Å²) in [7, 11) is 0. The number of benzene rings is 2. The Balaban J connectivity index is 1.81. The number of pyridine rings is 1. The summed E-state index contributed by atoms with van der Waals surface area (Å²) >= 11 is 0. The molecule has 1 fully saturated rings. The van der Waals surface area contributed by atoms with Crippen LogP contribution in [0.15, 0.2) is 78.6 Å².